The molecule has 1 N–H and O–H groups in total. The fourth-order valence-electron chi connectivity index (χ4n) is 2.02. The average Bonchev–Trinajstić information content (AvgIpc) is 2.55. The molecule has 0 spiro atoms. The van der Waals surface area contributed by atoms with Gasteiger partial charge in [-0.3, -0.25) is 0 Å². The van der Waals surface area contributed by atoms with Crippen molar-refractivity contribution < 1.29 is 17.9 Å². The van der Waals surface area contributed by atoms with Crippen molar-refractivity contribution in [1.29, 1.82) is 0 Å². The number of benzene rings is 2. The molecule has 23 heavy (non-hydrogen) atoms. The first-order valence-electron chi connectivity index (χ1n) is 6.92. The predicted molar refractivity (Wildman–Crippen MR) is 97.6 cm³/mol. The van der Waals surface area contributed by atoms with E-state index < -0.39 is 10.0 Å². The summed E-state index contributed by atoms with van der Waals surface area (Å²) in [5, 5.41) is 0. The van der Waals surface area contributed by atoms with Crippen LogP contribution < -0.4 is 14.2 Å². The molecule has 0 aromatic heterocycles. The number of hydrogen-bond donors (Lipinski definition) is 1. The Balaban J connectivity index is 1.99. The van der Waals surface area contributed by atoms with Crippen molar-refractivity contribution in [3.63, 3.8) is 0 Å². The predicted octanol–water partition coefficient (Wildman–Crippen LogP) is 2.83. The summed E-state index contributed by atoms with van der Waals surface area (Å²) >= 11 is 2.05. The highest BCUT2D eigenvalue weighted by Gasteiger charge is 2.15. The summed E-state index contributed by atoms with van der Waals surface area (Å²) in [4.78, 5) is 0.234. The number of methoxy groups -OCH3 is 2. The molecule has 2 aromatic carbocycles. The number of halogens is 1. The fraction of sp³-hybridized carbons (Fsp3) is 0.250. The number of nitrogens with one attached hydrogen (secondary N) is 1. The largest absolute Gasteiger partial charge is 0.497 e. The van der Waals surface area contributed by atoms with Crippen LogP contribution >= 0.6 is 22.6 Å². The van der Waals surface area contributed by atoms with E-state index >= 15 is 0 Å². The third-order valence-corrected chi connectivity index (χ3v) is 5.60. The van der Waals surface area contributed by atoms with Gasteiger partial charge < -0.3 is 9.47 Å². The summed E-state index contributed by atoms with van der Waals surface area (Å²) in [6.07, 6.45) is 0.608. The molecule has 2 rings (SSSR count). The van der Waals surface area contributed by atoms with E-state index in [1.54, 1.807) is 26.4 Å². The zero-order chi connectivity index (χ0) is 16.9. The van der Waals surface area contributed by atoms with Crippen LogP contribution in [0.1, 0.15) is 5.56 Å². The molecule has 0 saturated heterocycles. The highest BCUT2D eigenvalue weighted by molar-refractivity contribution is 14.1. The lowest BCUT2D eigenvalue weighted by atomic mass is 10.1. The van der Waals surface area contributed by atoms with Crippen molar-refractivity contribution in [3.8, 4) is 11.5 Å². The minimum Gasteiger partial charge on any atom is -0.497 e. The number of hydrogen-bond acceptors (Lipinski definition) is 4. The normalized spacial score (nSPS) is 11.3. The van der Waals surface area contributed by atoms with Gasteiger partial charge in [0.2, 0.25) is 10.0 Å². The van der Waals surface area contributed by atoms with Crippen LogP contribution in [-0.2, 0) is 16.4 Å². The third-order valence-electron chi connectivity index (χ3n) is 3.30. The molecule has 7 heteroatoms. The van der Waals surface area contributed by atoms with E-state index in [1.165, 1.54) is 6.07 Å². The van der Waals surface area contributed by atoms with Crippen LogP contribution in [0.25, 0.3) is 0 Å². The molecule has 5 nitrogen and oxygen atoms in total. The maximum absolute atomic E-state index is 12.3. The topological polar surface area (TPSA) is 64.6 Å². The van der Waals surface area contributed by atoms with E-state index in [2.05, 4.69) is 27.3 Å². The summed E-state index contributed by atoms with van der Waals surface area (Å²) in [6, 6.07) is 12.3. The smallest absolute Gasteiger partial charge is 0.240 e. The second-order valence-electron chi connectivity index (χ2n) is 4.79. The Labute approximate surface area is 150 Å². The van der Waals surface area contributed by atoms with Crippen LogP contribution in [0.5, 0.6) is 11.5 Å². The van der Waals surface area contributed by atoms with Crippen LogP contribution in [0, 0.1) is 3.57 Å². The number of rotatable bonds is 7. The molecule has 0 aliphatic carbocycles. The molecule has 0 heterocycles. The Morgan fingerprint density at radius 2 is 1.74 bits per heavy atom. The Kier molecular flexibility index (Phi) is 6.25. The van der Waals surface area contributed by atoms with Crippen molar-refractivity contribution in [2.75, 3.05) is 20.8 Å². The van der Waals surface area contributed by atoms with Crippen molar-refractivity contribution in [2.45, 2.75) is 11.3 Å². The minimum atomic E-state index is -3.53. The van der Waals surface area contributed by atoms with Crippen LogP contribution in [-0.4, -0.2) is 29.2 Å². The summed E-state index contributed by atoms with van der Waals surface area (Å²) in [6.45, 7) is 0.331. The van der Waals surface area contributed by atoms with Crippen molar-refractivity contribution >= 4 is 32.6 Å². The van der Waals surface area contributed by atoms with Crippen LogP contribution in [0.3, 0.4) is 0 Å². The van der Waals surface area contributed by atoms with Gasteiger partial charge in [-0.15, -0.1) is 0 Å². The van der Waals surface area contributed by atoms with Gasteiger partial charge in [0, 0.05) is 6.54 Å². The molecular weight excluding hydrogens is 429 g/mol. The minimum absolute atomic E-state index is 0.234. The van der Waals surface area contributed by atoms with Gasteiger partial charge in [0.05, 0.1) is 22.7 Å². The number of ether oxygens (including phenoxy) is 2. The summed E-state index contributed by atoms with van der Waals surface area (Å²) in [7, 11) is -0.361. The molecule has 0 fully saturated rings. The molecule has 0 aliphatic rings. The van der Waals surface area contributed by atoms with E-state index in [0.29, 0.717) is 18.7 Å². The van der Waals surface area contributed by atoms with Crippen molar-refractivity contribution in [1.82, 2.24) is 4.72 Å². The maximum Gasteiger partial charge on any atom is 0.240 e. The first kappa shape index (κ1) is 18.0. The first-order valence-corrected chi connectivity index (χ1v) is 9.48. The van der Waals surface area contributed by atoms with E-state index in [0.717, 1.165) is 14.9 Å². The molecule has 0 bridgehead atoms. The highest BCUT2D eigenvalue weighted by Crippen LogP contribution is 2.23. The lowest BCUT2D eigenvalue weighted by molar-refractivity contribution is 0.411. The fourth-order valence-corrected chi connectivity index (χ4v) is 4.02. The molecule has 0 unspecified atom stereocenters. The summed E-state index contributed by atoms with van der Waals surface area (Å²) in [5.74, 6) is 1.44. The number of sulfonamides is 1. The molecule has 2 aromatic rings. The van der Waals surface area contributed by atoms with Crippen LogP contribution in [0.2, 0.25) is 0 Å². The molecule has 0 atom stereocenters. The van der Waals surface area contributed by atoms with Gasteiger partial charge in [-0.1, -0.05) is 12.1 Å². The maximum atomic E-state index is 12.3. The van der Waals surface area contributed by atoms with E-state index in [-0.39, 0.29) is 4.90 Å². The monoisotopic (exact) mass is 447 g/mol. The lowest BCUT2D eigenvalue weighted by Gasteiger charge is -2.09. The standard InChI is InChI=1S/C16H18INO4S/c1-21-13-5-3-12(4-6-13)9-10-18-23(19,20)14-7-8-16(22-2)15(17)11-14/h3-8,11,18H,9-10H2,1-2H3. The quantitative estimate of drug-likeness (QED) is 0.664. The first-order chi connectivity index (χ1) is 11.0. The summed E-state index contributed by atoms with van der Waals surface area (Å²) < 4.78 is 38.2. The highest BCUT2D eigenvalue weighted by atomic mass is 127. The Bertz CT molecular complexity index is 760. The van der Waals surface area contributed by atoms with Crippen LogP contribution in [0.4, 0.5) is 0 Å². The second kappa shape index (κ2) is 7.98. The molecule has 124 valence electrons. The molecule has 0 aliphatic heterocycles. The zero-order valence-corrected chi connectivity index (χ0v) is 15.8. The molecule has 0 radical (unpaired) electrons. The van der Waals surface area contributed by atoms with Crippen molar-refractivity contribution in [2.24, 2.45) is 0 Å². The Morgan fingerprint density at radius 3 is 2.30 bits per heavy atom. The van der Waals surface area contributed by atoms with Crippen molar-refractivity contribution in [3.05, 3.63) is 51.6 Å². The van der Waals surface area contributed by atoms with Gasteiger partial charge in [-0.05, 0) is 64.9 Å². The Hall–Kier alpha value is -1.32. The van der Waals surface area contributed by atoms with Gasteiger partial charge in [-0.2, -0.15) is 0 Å². The van der Waals surface area contributed by atoms with Gasteiger partial charge in [0.25, 0.3) is 0 Å². The third kappa shape index (κ3) is 4.82. The van der Waals surface area contributed by atoms with Gasteiger partial charge in [0.1, 0.15) is 11.5 Å². The van der Waals surface area contributed by atoms with E-state index in [9.17, 15) is 8.42 Å². The average molecular weight is 447 g/mol. The van der Waals surface area contributed by atoms with Gasteiger partial charge in [-0.25, -0.2) is 13.1 Å². The van der Waals surface area contributed by atoms with E-state index in [4.69, 9.17) is 9.47 Å². The van der Waals surface area contributed by atoms with Crippen LogP contribution in [0.15, 0.2) is 47.4 Å². The molecular formula is C16H18INO4S. The lowest BCUT2D eigenvalue weighted by Crippen LogP contribution is -2.26. The SMILES string of the molecule is COc1ccc(CCNS(=O)(=O)c2ccc(OC)c(I)c2)cc1. The Morgan fingerprint density at radius 1 is 1.04 bits per heavy atom. The van der Waals surface area contributed by atoms with Gasteiger partial charge >= 0.3 is 0 Å². The van der Waals surface area contributed by atoms with E-state index in [1.807, 2.05) is 24.3 Å². The summed E-state index contributed by atoms with van der Waals surface area (Å²) in [5.41, 5.74) is 1.04. The van der Waals surface area contributed by atoms with Gasteiger partial charge in [0.15, 0.2) is 0 Å². The zero-order valence-electron chi connectivity index (χ0n) is 12.9. The second-order valence-corrected chi connectivity index (χ2v) is 7.72. The molecule has 0 saturated carbocycles. The molecule has 0 amide bonds.